The molecule has 1 saturated heterocycles. The van der Waals surface area contributed by atoms with Crippen molar-refractivity contribution in [3.8, 4) is 6.07 Å². The van der Waals surface area contributed by atoms with Crippen molar-refractivity contribution in [3.05, 3.63) is 35.9 Å². The first-order valence-electron chi connectivity index (χ1n) is 5.23. The van der Waals surface area contributed by atoms with Crippen LogP contribution in [-0.4, -0.2) is 18.1 Å². The molecule has 1 aromatic rings. The van der Waals surface area contributed by atoms with Crippen molar-refractivity contribution in [2.24, 2.45) is 0 Å². The lowest BCUT2D eigenvalue weighted by atomic mass is 10.0. The summed E-state index contributed by atoms with van der Waals surface area (Å²) in [6.45, 7) is 1.72. The summed E-state index contributed by atoms with van der Waals surface area (Å²) in [4.78, 5) is 5.79. The highest BCUT2D eigenvalue weighted by atomic mass is 19.1. The predicted molar refractivity (Wildman–Crippen MR) is 59.3 cm³/mol. The number of hydrogen-bond acceptors (Lipinski definition) is 3. The van der Waals surface area contributed by atoms with Crippen LogP contribution in [0.4, 0.5) is 10.1 Å². The largest absolute Gasteiger partial charge is 0.370 e. The second-order valence-electron chi connectivity index (χ2n) is 3.76. The lowest BCUT2D eigenvalue weighted by Crippen LogP contribution is -2.30. The van der Waals surface area contributed by atoms with Crippen LogP contribution in [-0.2, 0) is 0 Å². The van der Waals surface area contributed by atoms with Gasteiger partial charge in [-0.05, 0) is 25.0 Å². The van der Waals surface area contributed by atoms with Crippen molar-refractivity contribution in [2.45, 2.75) is 12.8 Å². The van der Waals surface area contributed by atoms with Crippen molar-refractivity contribution in [2.75, 3.05) is 18.0 Å². The van der Waals surface area contributed by atoms with Gasteiger partial charge in [-0.1, -0.05) is 5.57 Å². The molecule has 16 heavy (non-hydrogen) atoms. The van der Waals surface area contributed by atoms with E-state index in [9.17, 15) is 4.39 Å². The normalized spacial score (nSPS) is 15.8. The van der Waals surface area contributed by atoms with Gasteiger partial charge in [-0.25, -0.2) is 4.98 Å². The minimum atomic E-state index is -0.453. The van der Waals surface area contributed by atoms with E-state index in [4.69, 9.17) is 5.26 Å². The number of aromatic nitrogens is 1. The Balaban J connectivity index is 2.02. The van der Waals surface area contributed by atoms with Crippen molar-refractivity contribution >= 4 is 5.69 Å². The molecule has 0 amide bonds. The molecular formula is C12H12FN3. The quantitative estimate of drug-likeness (QED) is 0.535. The van der Waals surface area contributed by atoms with E-state index < -0.39 is 5.95 Å². The highest BCUT2D eigenvalue weighted by molar-refractivity contribution is 5.45. The molecule has 4 heteroatoms. The maximum absolute atomic E-state index is 12.6. The zero-order chi connectivity index (χ0) is 11.4. The van der Waals surface area contributed by atoms with Crippen molar-refractivity contribution in [1.29, 1.82) is 5.26 Å². The molecule has 0 spiro atoms. The van der Waals surface area contributed by atoms with Crippen LogP contribution in [0, 0.1) is 17.3 Å². The fourth-order valence-corrected chi connectivity index (χ4v) is 1.84. The number of anilines is 1. The molecule has 0 N–H and O–H groups in total. The van der Waals surface area contributed by atoms with E-state index in [1.807, 2.05) is 0 Å². The number of nitriles is 1. The fraction of sp³-hybridized carbons (Fsp3) is 0.333. The third-order valence-corrected chi connectivity index (χ3v) is 2.75. The van der Waals surface area contributed by atoms with Crippen LogP contribution in [0.5, 0.6) is 0 Å². The summed E-state index contributed by atoms with van der Waals surface area (Å²) in [5.41, 5.74) is 2.13. The first-order chi connectivity index (χ1) is 7.79. The summed E-state index contributed by atoms with van der Waals surface area (Å²) in [5.74, 6) is -0.453. The van der Waals surface area contributed by atoms with Crippen LogP contribution in [0.15, 0.2) is 30.0 Å². The molecule has 0 bridgehead atoms. The molecule has 1 fully saturated rings. The van der Waals surface area contributed by atoms with Gasteiger partial charge in [0.1, 0.15) is 0 Å². The smallest absolute Gasteiger partial charge is 0.212 e. The molecule has 2 rings (SSSR count). The predicted octanol–water partition coefficient (Wildman–Crippen LogP) is 2.27. The average molecular weight is 217 g/mol. The molecule has 3 nitrogen and oxygen atoms in total. The lowest BCUT2D eigenvalue weighted by molar-refractivity contribution is 0.582. The molecule has 1 aliphatic heterocycles. The molecule has 0 saturated carbocycles. The Kier molecular flexibility index (Phi) is 3.16. The summed E-state index contributed by atoms with van der Waals surface area (Å²) in [7, 11) is 0. The maximum atomic E-state index is 12.6. The van der Waals surface area contributed by atoms with E-state index in [1.54, 1.807) is 18.3 Å². The van der Waals surface area contributed by atoms with Crippen molar-refractivity contribution in [1.82, 2.24) is 4.98 Å². The summed E-state index contributed by atoms with van der Waals surface area (Å²) in [6, 6.07) is 5.17. The van der Waals surface area contributed by atoms with E-state index >= 15 is 0 Å². The van der Waals surface area contributed by atoms with Gasteiger partial charge in [-0.2, -0.15) is 9.65 Å². The van der Waals surface area contributed by atoms with Gasteiger partial charge in [0.15, 0.2) is 0 Å². The van der Waals surface area contributed by atoms with Gasteiger partial charge in [0.05, 0.1) is 18.0 Å². The molecule has 0 aliphatic carbocycles. The standard InChI is InChI=1S/C12H12FN3/c13-12-2-1-11(9-15-12)16-7-4-10(3-6-14)5-8-16/h1-3,9H,4-5,7-8H2. The topological polar surface area (TPSA) is 39.9 Å². The molecule has 1 aliphatic rings. The minimum absolute atomic E-state index is 0.453. The summed E-state index contributed by atoms with van der Waals surface area (Å²) in [5, 5.41) is 8.54. The maximum Gasteiger partial charge on any atom is 0.212 e. The number of allylic oxidation sites excluding steroid dienone is 1. The highest BCUT2D eigenvalue weighted by Crippen LogP contribution is 2.21. The van der Waals surface area contributed by atoms with Gasteiger partial charge in [-0.3, -0.25) is 0 Å². The first kappa shape index (κ1) is 10.6. The Morgan fingerprint density at radius 1 is 1.38 bits per heavy atom. The van der Waals surface area contributed by atoms with Gasteiger partial charge >= 0.3 is 0 Å². The zero-order valence-electron chi connectivity index (χ0n) is 8.86. The molecule has 0 atom stereocenters. The SMILES string of the molecule is N#CC=C1CCN(c2ccc(F)nc2)CC1. The Labute approximate surface area is 93.8 Å². The van der Waals surface area contributed by atoms with Gasteiger partial charge in [0, 0.05) is 19.2 Å². The second kappa shape index (κ2) is 4.75. The van der Waals surface area contributed by atoms with Crippen molar-refractivity contribution < 1.29 is 4.39 Å². The Morgan fingerprint density at radius 3 is 2.69 bits per heavy atom. The molecule has 0 unspecified atom stereocenters. The highest BCUT2D eigenvalue weighted by Gasteiger charge is 2.14. The Bertz CT molecular complexity index is 421. The zero-order valence-corrected chi connectivity index (χ0v) is 8.86. The molecule has 2 heterocycles. The van der Waals surface area contributed by atoms with Crippen LogP contribution in [0.3, 0.4) is 0 Å². The average Bonchev–Trinajstić information content (AvgIpc) is 2.32. The Morgan fingerprint density at radius 2 is 2.12 bits per heavy atom. The molecule has 1 aromatic heterocycles. The van der Waals surface area contributed by atoms with E-state index in [0.717, 1.165) is 31.6 Å². The van der Waals surface area contributed by atoms with Gasteiger partial charge in [0.2, 0.25) is 5.95 Å². The van der Waals surface area contributed by atoms with Crippen LogP contribution >= 0.6 is 0 Å². The van der Waals surface area contributed by atoms with Crippen LogP contribution in [0.2, 0.25) is 0 Å². The monoisotopic (exact) mass is 217 g/mol. The summed E-state index contributed by atoms with van der Waals surface area (Å²) in [6.07, 6.45) is 4.96. The van der Waals surface area contributed by atoms with Crippen LogP contribution in [0.1, 0.15) is 12.8 Å². The van der Waals surface area contributed by atoms with E-state index in [1.165, 1.54) is 11.6 Å². The number of pyridine rings is 1. The lowest BCUT2D eigenvalue weighted by Gasteiger charge is -2.29. The third-order valence-electron chi connectivity index (χ3n) is 2.75. The molecule has 82 valence electrons. The molecular weight excluding hydrogens is 205 g/mol. The van der Waals surface area contributed by atoms with Gasteiger partial charge < -0.3 is 4.90 Å². The summed E-state index contributed by atoms with van der Waals surface area (Å²) >= 11 is 0. The van der Waals surface area contributed by atoms with Crippen molar-refractivity contribution in [3.63, 3.8) is 0 Å². The molecule has 0 aromatic carbocycles. The summed E-state index contributed by atoms with van der Waals surface area (Å²) < 4.78 is 12.6. The van der Waals surface area contributed by atoms with Gasteiger partial charge in [-0.15, -0.1) is 0 Å². The van der Waals surface area contributed by atoms with E-state index in [0.29, 0.717) is 0 Å². The minimum Gasteiger partial charge on any atom is -0.370 e. The number of piperidine rings is 1. The number of nitrogens with zero attached hydrogens (tertiary/aromatic N) is 3. The number of hydrogen-bond donors (Lipinski definition) is 0. The van der Waals surface area contributed by atoms with E-state index in [-0.39, 0.29) is 0 Å². The first-order valence-corrected chi connectivity index (χ1v) is 5.23. The van der Waals surface area contributed by atoms with Gasteiger partial charge in [0.25, 0.3) is 0 Å². The second-order valence-corrected chi connectivity index (χ2v) is 3.76. The van der Waals surface area contributed by atoms with Crippen LogP contribution < -0.4 is 4.90 Å². The molecule has 0 radical (unpaired) electrons. The Hall–Kier alpha value is -1.89. The fourth-order valence-electron chi connectivity index (χ4n) is 1.84. The van der Waals surface area contributed by atoms with Crippen LogP contribution in [0.25, 0.3) is 0 Å². The number of halogens is 1. The third kappa shape index (κ3) is 2.37. The number of rotatable bonds is 1. The van der Waals surface area contributed by atoms with E-state index in [2.05, 4.69) is 16.0 Å².